The molecule has 2 aliphatic heterocycles. The number of piperidine rings is 1. The lowest BCUT2D eigenvalue weighted by Crippen LogP contribution is -2.36. The Morgan fingerprint density at radius 2 is 1.55 bits per heavy atom. The third-order valence-electron chi connectivity index (χ3n) is 7.56. The number of halogens is 6. The second-order valence-electron chi connectivity index (χ2n) is 10.6. The van der Waals surface area contributed by atoms with E-state index in [1.165, 1.54) is 35.4 Å². The molecule has 44 heavy (non-hydrogen) atoms. The lowest BCUT2D eigenvalue weighted by Gasteiger charge is -2.24. The largest absolute Gasteiger partial charge is 0.437 e. The van der Waals surface area contributed by atoms with Crippen molar-refractivity contribution in [2.45, 2.75) is 44.5 Å². The molecular weight excluding hydrogens is 594 g/mol. The van der Waals surface area contributed by atoms with Crippen LogP contribution in [0.25, 0.3) is 0 Å². The number of anilines is 3. The summed E-state index contributed by atoms with van der Waals surface area (Å²) < 4.78 is 86.3. The normalized spacial score (nSPS) is 16.5. The maximum absolute atomic E-state index is 13.7. The standard InChI is InChI=1S/C29H30F6N6O3/c30-28(31,32)21-8-3-2-7-19(21)17-23(42)40-14-6-13-39(15-16-40)22-10-9-20(18-36-22)37-26(43)24-25(29(33,34)35)38-27(44-24)41-11-4-1-5-12-41/h2-3,7-10,18H,1,4-6,11-17H2,(H,37,43). The van der Waals surface area contributed by atoms with E-state index in [0.717, 1.165) is 25.3 Å². The fourth-order valence-corrected chi connectivity index (χ4v) is 5.33. The van der Waals surface area contributed by atoms with Crippen LogP contribution in [0.4, 0.5) is 43.9 Å². The first-order chi connectivity index (χ1) is 20.9. The van der Waals surface area contributed by atoms with Gasteiger partial charge in [-0.05, 0) is 49.4 Å². The van der Waals surface area contributed by atoms with Gasteiger partial charge in [-0.2, -0.15) is 31.3 Å². The molecule has 9 nitrogen and oxygen atoms in total. The van der Waals surface area contributed by atoms with Gasteiger partial charge in [0.15, 0.2) is 5.69 Å². The van der Waals surface area contributed by atoms with Crippen molar-refractivity contribution in [1.82, 2.24) is 14.9 Å². The quantitative estimate of drug-likeness (QED) is 0.356. The number of nitrogens with one attached hydrogen (secondary N) is 1. The second-order valence-corrected chi connectivity index (χ2v) is 10.6. The average Bonchev–Trinajstić information content (AvgIpc) is 3.31. The number of alkyl halides is 6. The highest BCUT2D eigenvalue weighted by molar-refractivity contribution is 6.03. The van der Waals surface area contributed by atoms with Crippen molar-refractivity contribution in [2.24, 2.45) is 0 Å². The van der Waals surface area contributed by atoms with Crippen LogP contribution in [0.2, 0.25) is 0 Å². The molecule has 1 N–H and O–H groups in total. The molecule has 0 unspecified atom stereocenters. The molecule has 2 aromatic heterocycles. The van der Waals surface area contributed by atoms with Gasteiger partial charge < -0.3 is 24.4 Å². The number of carbonyl (C=O) groups is 2. The summed E-state index contributed by atoms with van der Waals surface area (Å²) in [5.74, 6) is -1.96. The highest BCUT2D eigenvalue weighted by Gasteiger charge is 2.42. The Bertz CT molecular complexity index is 1470. The van der Waals surface area contributed by atoms with Crippen molar-refractivity contribution >= 4 is 29.3 Å². The van der Waals surface area contributed by atoms with Gasteiger partial charge in [0.2, 0.25) is 11.7 Å². The number of rotatable bonds is 6. The van der Waals surface area contributed by atoms with E-state index in [1.54, 1.807) is 11.0 Å². The number of amides is 2. The van der Waals surface area contributed by atoms with E-state index in [-0.39, 0.29) is 30.2 Å². The van der Waals surface area contributed by atoms with Crippen molar-refractivity contribution in [2.75, 3.05) is 54.4 Å². The monoisotopic (exact) mass is 624 g/mol. The molecule has 0 bridgehead atoms. The minimum atomic E-state index is -4.89. The third kappa shape index (κ3) is 7.25. The zero-order valence-electron chi connectivity index (χ0n) is 23.5. The Hall–Kier alpha value is -4.30. The molecule has 5 rings (SSSR count). The number of aromatic nitrogens is 2. The maximum Gasteiger partial charge on any atom is 0.437 e. The summed E-state index contributed by atoms with van der Waals surface area (Å²) in [6.45, 7) is 2.46. The highest BCUT2D eigenvalue weighted by atomic mass is 19.4. The van der Waals surface area contributed by atoms with Gasteiger partial charge in [-0.25, -0.2) is 4.98 Å². The summed E-state index contributed by atoms with van der Waals surface area (Å²) in [7, 11) is 0. The first-order valence-electron chi connectivity index (χ1n) is 14.2. The molecule has 0 spiro atoms. The molecule has 2 saturated heterocycles. The number of carbonyl (C=O) groups excluding carboxylic acids is 2. The highest BCUT2D eigenvalue weighted by Crippen LogP contribution is 2.35. The summed E-state index contributed by atoms with van der Waals surface area (Å²) >= 11 is 0. The Morgan fingerprint density at radius 1 is 0.818 bits per heavy atom. The molecular formula is C29H30F6N6O3. The van der Waals surface area contributed by atoms with Gasteiger partial charge in [-0.1, -0.05) is 18.2 Å². The van der Waals surface area contributed by atoms with Gasteiger partial charge in [0.1, 0.15) is 5.82 Å². The van der Waals surface area contributed by atoms with Crippen molar-refractivity contribution in [3.63, 3.8) is 0 Å². The van der Waals surface area contributed by atoms with E-state index in [0.29, 0.717) is 45.0 Å². The number of hydrogen-bond donors (Lipinski definition) is 1. The lowest BCUT2D eigenvalue weighted by molar-refractivity contribution is -0.141. The van der Waals surface area contributed by atoms with E-state index >= 15 is 0 Å². The molecule has 2 amide bonds. The molecule has 0 radical (unpaired) electrons. The minimum absolute atomic E-state index is 0.0826. The van der Waals surface area contributed by atoms with Crippen LogP contribution < -0.4 is 15.1 Å². The first-order valence-corrected chi connectivity index (χ1v) is 14.2. The topological polar surface area (TPSA) is 94.8 Å². The van der Waals surface area contributed by atoms with Crippen LogP contribution in [0.3, 0.4) is 0 Å². The van der Waals surface area contributed by atoms with E-state index in [1.807, 2.05) is 4.90 Å². The van der Waals surface area contributed by atoms with Crippen LogP contribution in [-0.4, -0.2) is 66.0 Å². The second kappa shape index (κ2) is 12.7. The number of pyridine rings is 1. The van der Waals surface area contributed by atoms with Gasteiger partial charge in [-0.3, -0.25) is 9.59 Å². The Labute approximate surface area is 248 Å². The summed E-state index contributed by atoms with van der Waals surface area (Å²) in [5, 5.41) is 2.38. The Kier molecular flexibility index (Phi) is 9.02. The van der Waals surface area contributed by atoms with Crippen LogP contribution in [0.1, 0.15) is 53.1 Å². The fourth-order valence-electron chi connectivity index (χ4n) is 5.33. The lowest BCUT2D eigenvalue weighted by atomic mass is 10.0. The minimum Gasteiger partial charge on any atom is -0.417 e. The summed E-state index contributed by atoms with van der Waals surface area (Å²) in [5.41, 5.74) is -2.18. The Morgan fingerprint density at radius 3 is 2.23 bits per heavy atom. The third-order valence-corrected chi connectivity index (χ3v) is 7.56. The number of hydrogen-bond acceptors (Lipinski definition) is 7. The zero-order chi connectivity index (χ0) is 31.5. The summed E-state index contributed by atoms with van der Waals surface area (Å²) in [4.78, 5) is 38.6. The number of nitrogens with zero attached hydrogens (tertiary/aromatic N) is 5. The van der Waals surface area contributed by atoms with Crippen molar-refractivity contribution in [1.29, 1.82) is 0 Å². The summed E-state index contributed by atoms with van der Waals surface area (Å²) in [6.07, 6.45) is -5.47. The van der Waals surface area contributed by atoms with Gasteiger partial charge in [0.05, 0.1) is 23.9 Å². The van der Waals surface area contributed by atoms with E-state index < -0.39 is 41.2 Å². The van der Waals surface area contributed by atoms with Crippen LogP contribution in [-0.2, 0) is 23.6 Å². The van der Waals surface area contributed by atoms with Crippen LogP contribution in [0.5, 0.6) is 0 Å². The van der Waals surface area contributed by atoms with Gasteiger partial charge in [0, 0.05) is 39.3 Å². The van der Waals surface area contributed by atoms with Crippen LogP contribution in [0, 0.1) is 0 Å². The zero-order valence-corrected chi connectivity index (χ0v) is 23.5. The molecule has 2 aliphatic rings. The predicted molar refractivity (Wildman–Crippen MR) is 148 cm³/mol. The maximum atomic E-state index is 13.7. The molecule has 0 saturated carbocycles. The van der Waals surface area contributed by atoms with Gasteiger partial charge in [0.25, 0.3) is 11.9 Å². The van der Waals surface area contributed by atoms with E-state index in [9.17, 15) is 35.9 Å². The van der Waals surface area contributed by atoms with Crippen molar-refractivity contribution < 1.29 is 40.3 Å². The first kappa shape index (κ1) is 31.1. The molecule has 0 aliphatic carbocycles. The number of oxazole rings is 1. The Balaban J connectivity index is 1.21. The molecule has 4 heterocycles. The molecule has 15 heteroatoms. The molecule has 2 fully saturated rings. The SMILES string of the molecule is O=C(Nc1ccc(N2CCCN(C(=O)Cc3ccccc3C(F)(F)F)CC2)nc1)c1oc(N2CCCCC2)nc1C(F)(F)F. The van der Waals surface area contributed by atoms with E-state index in [2.05, 4.69) is 15.3 Å². The molecule has 236 valence electrons. The predicted octanol–water partition coefficient (Wildman–Crippen LogP) is 5.63. The van der Waals surface area contributed by atoms with E-state index in [4.69, 9.17) is 4.42 Å². The molecule has 0 atom stereocenters. The summed E-state index contributed by atoms with van der Waals surface area (Å²) in [6, 6.07) is 7.83. The van der Waals surface area contributed by atoms with Crippen molar-refractivity contribution in [3.05, 3.63) is 65.2 Å². The fraction of sp³-hybridized carbons (Fsp3) is 0.448. The van der Waals surface area contributed by atoms with Crippen LogP contribution >= 0.6 is 0 Å². The average molecular weight is 625 g/mol. The molecule has 1 aromatic carbocycles. The van der Waals surface area contributed by atoms with Crippen molar-refractivity contribution in [3.8, 4) is 0 Å². The number of benzene rings is 1. The van der Waals surface area contributed by atoms with Crippen LogP contribution in [0.15, 0.2) is 47.0 Å². The van der Waals surface area contributed by atoms with Gasteiger partial charge in [-0.15, -0.1) is 0 Å². The smallest absolute Gasteiger partial charge is 0.417 e. The van der Waals surface area contributed by atoms with Gasteiger partial charge >= 0.3 is 12.4 Å². The molecule has 3 aromatic rings.